The molecule has 0 heterocycles. The minimum Gasteiger partial charge on any atom is -0.396 e. The predicted octanol–water partition coefficient (Wildman–Crippen LogP) is 2.70. The van der Waals surface area contributed by atoms with Crippen LogP contribution >= 0.6 is 0 Å². The van der Waals surface area contributed by atoms with Gasteiger partial charge in [0.05, 0.1) is 12.1 Å². The van der Waals surface area contributed by atoms with Crippen LogP contribution in [-0.4, -0.2) is 17.6 Å². The molecule has 0 saturated heterocycles. The SMILES string of the molecule is N#CC1(C(=O)NC(CCCO)c2ccccc2)CCCC1. The van der Waals surface area contributed by atoms with Crippen molar-refractivity contribution in [1.29, 1.82) is 5.26 Å². The fourth-order valence-electron chi connectivity index (χ4n) is 2.97. The third-order valence-corrected chi connectivity index (χ3v) is 4.26. The Bertz CT molecular complexity index is 501. The summed E-state index contributed by atoms with van der Waals surface area (Å²) in [5.74, 6) is -0.158. The zero-order valence-electron chi connectivity index (χ0n) is 12.2. The van der Waals surface area contributed by atoms with Crippen molar-refractivity contribution >= 4 is 5.91 Å². The zero-order valence-corrected chi connectivity index (χ0v) is 12.2. The molecule has 0 bridgehead atoms. The number of nitrogens with one attached hydrogen (secondary N) is 1. The van der Waals surface area contributed by atoms with E-state index in [1.165, 1.54) is 0 Å². The van der Waals surface area contributed by atoms with Crippen molar-refractivity contribution in [1.82, 2.24) is 5.32 Å². The van der Waals surface area contributed by atoms with E-state index in [-0.39, 0.29) is 18.6 Å². The Morgan fingerprint density at radius 1 is 1.33 bits per heavy atom. The minimum atomic E-state index is -0.855. The molecule has 21 heavy (non-hydrogen) atoms. The molecule has 2 rings (SSSR count). The van der Waals surface area contributed by atoms with Gasteiger partial charge in [0.15, 0.2) is 0 Å². The lowest BCUT2D eigenvalue weighted by atomic mass is 9.86. The molecule has 0 spiro atoms. The average Bonchev–Trinajstić information content (AvgIpc) is 3.02. The van der Waals surface area contributed by atoms with Gasteiger partial charge >= 0.3 is 0 Å². The first-order chi connectivity index (χ1) is 10.2. The molecule has 1 fully saturated rings. The first-order valence-corrected chi connectivity index (χ1v) is 7.60. The van der Waals surface area contributed by atoms with Gasteiger partial charge in [0, 0.05) is 6.61 Å². The molecule has 2 N–H and O–H groups in total. The van der Waals surface area contributed by atoms with Gasteiger partial charge in [0.2, 0.25) is 5.91 Å². The summed E-state index contributed by atoms with van der Waals surface area (Å²) in [4.78, 5) is 12.5. The van der Waals surface area contributed by atoms with Crippen LogP contribution in [0.3, 0.4) is 0 Å². The largest absolute Gasteiger partial charge is 0.396 e. The van der Waals surface area contributed by atoms with Crippen molar-refractivity contribution in [2.45, 2.75) is 44.6 Å². The molecule has 4 heteroatoms. The number of rotatable bonds is 6. The van der Waals surface area contributed by atoms with Gasteiger partial charge in [-0.05, 0) is 31.2 Å². The lowest BCUT2D eigenvalue weighted by molar-refractivity contribution is -0.128. The molecule has 1 aliphatic carbocycles. The zero-order chi connectivity index (χ0) is 15.1. The molecule has 0 aliphatic heterocycles. The Hall–Kier alpha value is -1.86. The van der Waals surface area contributed by atoms with Crippen molar-refractivity contribution in [2.75, 3.05) is 6.61 Å². The Morgan fingerprint density at radius 2 is 2.00 bits per heavy atom. The Balaban J connectivity index is 2.11. The van der Waals surface area contributed by atoms with Crippen LogP contribution in [0.15, 0.2) is 30.3 Å². The number of amides is 1. The van der Waals surface area contributed by atoms with Crippen molar-refractivity contribution < 1.29 is 9.90 Å². The second-order valence-corrected chi connectivity index (χ2v) is 5.70. The quantitative estimate of drug-likeness (QED) is 0.844. The third kappa shape index (κ3) is 3.62. The molecule has 0 radical (unpaired) electrons. The summed E-state index contributed by atoms with van der Waals surface area (Å²) >= 11 is 0. The molecule has 0 aromatic heterocycles. The standard InChI is InChI=1S/C17H22N2O2/c18-13-17(10-4-5-11-17)16(21)19-15(9-6-12-20)14-7-2-1-3-8-14/h1-3,7-8,15,20H,4-6,9-12H2,(H,19,21). The smallest absolute Gasteiger partial charge is 0.240 e. The summed E-state index contributed by atoms with van der Waals surface area (Å²) in [5, 5.41) is 21.5. The summed E-state index contributed by atoms with van der Waals surface area (Å²) < 4.78 is 0. The highest BCUT2D eigenvalue weighted by Crippen LogP contribution is 2.38. The molecule has 4 nitrogen and oxygen atoms in total. The van der Waals surface area contributed by atoms with Crippen LogP contribution < -0.4 is 5.32 Å². The topological polar surface area (TPSA) is 73.1 Å². The monoisotopic (exact) mass is 286 g/mol. The summed E-state index contributed by atoms with van der Waals surface area (Å²) in [5.41, 5.74) is 0.164. The van der Waals surface area contributed by atoms with Gasteiger partial charge in [-0.15, -0.1) is 0 Å². The lowest BCUT2D eigenvalue weighted by Crippen LogP contribution is -2.40. The highest BCUT2D eigenvalue weighted by Gasteiger charge is 2.42. The third-order valence-electron chi connectivity index (χ3n) is 4.26. The summed E-state index contributed by atoms with van der Waals surface area (Å²) in [6.45, 7) is 0.0998. The highest BCUT2D eigenvalue weighted by molar-refractivity contribution is 5.86. The number of nitriles is 1. The van der Waals surface area contributed by atoms with E-state index >= 15 is 0 Å². The fourth-order valence-corrected chi connectivity index (χ4v) is 2.97. The number of hydrogen-bond acceptors (Lipinski definition) is 3. The van der Waals surface area contributed by atoms with Crippen molar-refractivity contribution in [3.8, 4) is 6.07 Å². The van der Waals surface area contributed by atoms with Crippen LogP contribution in [0.5, 0.6) is 0 Å². The number of aliphatic hydroxyl groups is 1. The average molecular weight is 286 g/mol. The van der Waals surface area contributed by atoms with Gasteiger partial charge in [-0.25, -0.2) is 0 Å². The number of nitrogens with zero attached hydrogens (tertiary/aromatic N) is 1. The number of carbonyl (C=O) groups is 1. The van der Waals surface area contributed by atoms with Crippen LogP contribution in [0.4, 0.5) is 0 Å². The van der Waals surface area contributed by atoms with Crippen molar-refractivity contribution in [2.24, 2.45) is 5.41 Å². The summed E-state index contributed by atoms with van der Waals surface area (Å²) in [6, 6.07) is 11.8. The van der Waals surface area contributed by atoms with Crippen LogP contribution in [0.2, 0.25) is 0 Å². The second kappa shape index (κ2) is 7.24. The maximum atomic E-state index is 12.5. The number of aliphatic hydroxyl groups excluding tert-OH is 1. The van der Waals surface area contributed by atoms with Gasteiger partial charge < -0.3 is 10.4 Å². The Kier molecular flexibility index (Phi) is 5.35. The molecule has 1 saturated carbocycles. The first-order valence-electron chi connectivity index (χ1n) is 7.60. The van der Waals surface area contributed by atoms with Crippen LogP contribution in [0.1, 0.15) is 50.1 Å². The molecule has 112 valence electrons. The van der Waals surface area contributed by atoms with Gasteiger partial charge in [-0.3, -0.25) is 4.79 Å². The maximum absolute atomic E-state index is 12.5. The summed E-state index contributed by atoms with van der Waals surface area (Å²) in [7, 11) is 0. The first kappa shape index (κ1) is 15.5. The van der Waals surface area contributed by atoms with E-state index in [2.05, 4.69) is 11.4 Å². The molecular weight excluding hydrogens is 264 g/mol. The number of carbonyl (C=O) groups excluding carboxylic acids is 1. The lowest BCUT2D eigenvalue weighted by Gasteiger charge is -2.25. The molecule has 1 aromatic rings. The Labute approximate surface area is 125 Å². The summed E-state index contributed by atoms with van der Waals surface area (Å²) in [6.07, 6.45) is 4.47. The van der Waals surface area contributed by atoms with Crippen LogP contribution in [0, 0.1) is 16.7 Å². The molecule has 1 amide bonds. The molecule has 1 unspecified atom stereocenters. The number of benzene rings is 1. The van der Waals surface area contributed by atoms with E-state index in [0.717, 1.165) is 18.4 Å². The minimum absolute atomic E-state index is 0.0998. The normalized spacial score (nSPS) is 17.9. The Morgan fingerprint density at radius 3 is 2.57 bits per heavy atom. The molecule has 1 aliphatic rings. The van der Waals surface area contributed by atoms with Gasteiger partial charge in [-0.1, -0.05) is 43.2 Å². The van der Waals surface area contributed by atoms with E-state index in [1.807, 2.05) is 30.3 Å². The van der Waals surface area contributed by atoms with Gasteiger partial charge in [0.1, 0.15) is 5.41 Å². The van der Waals surface area contributed by atoms with Crippen LogP contribution in [0.25, 0.3) is 0 Å². The van der Waals surface area contributed by atoms with E-state index in [1.54, 1.807) is 0 Å². The fraction of sp³-hybridized carbons (Fsp3) is 0.529. The van der Waals surface area contributed by atoms with Crippen molar-refractivity contribution in [3.05, 3.63) is 35.9 Å². The molecule has 1 aromatic carbocycles. The van der Waals surface area contributed by atoms with Crippen LogP contribution in [-0.2, 0) is 4.79 Å². The van der Waals surface area contributed by atoms with E-state index in [0.29, 0.717) is 25.7 Å². The highest BCUT2D eigenvalue weighted by atomic mass is 16.3. The van der Waals surface area contributed by atoms with E-state index < -0.39 is 5.41 Å². The van der Waals surface area contributed by atoms with Crippen molar-refractivity contribution in [3.63, 3.8) is 0 Å². The maximum Gasteiger partial charge on any atom is 0.240 e. The predicted molar refractivity (Wildman–Crippen MR) is 80.2 cm³/mol. The second-order valence-electron chi connectivity index (χ2n) is 5.70. The van der Waals surface area contributed by atoms with E-state index in [4.69, 9.17) is 5.11 Å². The van der Waals surface area contributed by atoms with E-state index in [9.17, 15) is 10.1 Å². The molecular formula is C17H22N2O2. The van der Waals surface area contributed by atoms with Gasteiger partial charge in [0.25, 0.3) is 0 Å². The number of hydrogen-bond donors (Lipinski definition) is 2. The molecule has 1 atom stereocenters. The van der Waals surface area contributed by atoms with Gasteiger partial charge in [-0.2, -0.15) is 5.26 Å².